The molecule has 1 aliphatic carbocycles. The van der Waals surface area contributed by atoms with Crippen LogP contribution in [-0.4, -0.2) is 47.1 Å². The van der Waals surface area contributed by atoms with Gasteiger partial charge in [0.2, 0.25) is 0 Å². The molecule has 0 aromatic rings. The number of rotatable bonds is 3. The summed E-state index contributed by atoms with van der Waals surface area (Å²) in [5.41, 5.74) is 0.700. The van der Waals surface area contributed by atoms with Crippen LogP contribution in [0, 0.1) is 0 Å². The third kappa shape index (κ3) is 2.47. The number of allylic oxidation sites excluding steroid dienone is 5. The molecule has 2 fully saturated rings. The van der Waals surface area contributed by atoms with Gasteiger partial charge in [0.1, 0.15) is 18.3 Å². The summed E-state index contributed by atoms with van der Waals surface area (Å²) in [6.45, 7) is 3.84. The normalized spacial score (nSPS) is 37.5. The van der Waals surface area contributed by atoms with Crippen LogP contribution >= 0.6 is 0 Å². The van der Waals surface area contributed by atoms with Crippen LogP contribution in [-0.2, 0) is 14.2 Å². The van der Waals surface area contributed by atoms with Crippen LogP contribution in [0.1, 0.15) is 13.8 Å². The van der Waals surface area contributed by atoms with E-state index in [9.17, 15) is 10.2 Å². The molecule has 0 radical (unpaired) electrons. The number of ether oxygens (including phenoxy) is 3. The lowest BCUT2D eigenvalue weighted by Crippen LogP contribution is -2.39. The van der Waals surface area contributed by atoms with Gasteiger partial charge in [-0.1, -0.05) is 12.2 Å². The van der Waals surface area contributed by atoms with Gasteiger partial charge in [-0.05, 0) is 26.0 Å². The van der Waals surface area contributed by atoms with E-state index in [1.165, 1.54) is 0 Å². The Morgan fingerprint density at radius 2 is 2.00 bits per heavy atom. The highest BCUT2D eigenvalue weighted by molar-refractivity contribution is 5.41. The van der Waals surface area contributed by atoms with Gasteiger partial charge in [0.15, 0.2) is 18.0 Å². The third-order valence-corrected chi connectivity index (χ3v) is 3.52. The minimum atomic E-state index is -0.790. The zero-order chi connectivity index (χ0) is 14.3. The van der Waals surface area contributed by atoms with Gasteiger partial charge in [0.25, 0.3) is 0 Å². The maximum Gasteiger partial charge on any atom is 0.191 e. The maximum atomic E-state index is 10.2. The van der Waals surface area contributed by atoms with Gasteiger partial charge in [-0.3, -0.25) is 0 Å². The molecule has 20 heavy (non-hydrogen) atoms. The summed E-state index contributed by atoms with van der Waals surface area (Å²) in [5.74, 6) is -0.678. The monoisotopic (exact) mass is 281 g/mol. The number of hydrogen-bond donors (Lipinski definition) is 3. The summed E-state index contributed by atoms with van der Waals surface area (Å²) in [4.78, 5) is 0. The fourth-order valence-corrected chi connectivity index (χ4v) is 2.56. The van der Waals surface area contributed by atoms with Crippen molar-refractivity contribution in [3.05, 3.63) is 35.8 Å². The summed E-state index contributed by atoms with van der Waals surface area (Å²) in [5, 5.41) is 22.9. The first kappa shape index (κ1) is 13.6. The van der Waals surface area contributed by atoms with Crippen LogP contribution in [0.25, 0.3) is 0 Å². The van der Waals surface area contributed by atoms with Gasteiger partial charge in [-0.2, -0.15) is 0 Å². The number of fused-ring (bicyclic) bond motifs is 1. The van der Waals surface area contributed by atoms with Crippen molar-refractivity contribution >= 4 is 0 Å². The molecule has 6 heteroatoms. The van der Waals surface area contributed by atoms with E-state index in [0.29, 0.717) is 5.57 Å². The molecule has 2 heterocycles. The first-order valence-corrected chi connectivity index (χ1v) is 6.67. The van der Waals surface area contributed by atoms with E-state index in [1.807, 2.05) is 12.2 Å². The van der Waals surface area contributed by atoms with Gasteiger partial charge < -0.3 is 29.7 Å². The molecule has 3 rings (SSSR count). The molecule has 0 spiro atoms. The summed E-state index contributed by atoms with van der Waals surface area (Å²) in [7, 11) is 0. The van der Waals surface area contributed by atoms with Gasteiger partial charge in [0, 0.05) is 12.1 Å². The average Bonchev–Trinajstić information content (AvgIpc) is 3.05. The average molecular weight is 281 g/mol. The maximum absolute atomic E-state index is 10.2. The Bertz CT molecular complexity index is 468. The summed E-state index contributed by atoms with van der Waals surface area (Å²) >= 11 is 0. The van der Waals surface area contributed by atoms with Crippen LogP contribution in [0.2, 0.25) is 0 Å². The molecule has 110 valence electrons. The van der Waals surface area contributed by atoms with Crippen LogP contribution in [0.4, 0.5) is 0 Å². The fraction of sp³-hybridized carbons (Fsp3) is 0.571. The molecular weight excluding hydrogens is 262 g/mol. The van der Waals surface area contributed by atoms with E-state index >= 15 is 0 Å². The van der Waals surface area contributed by atoms with Crippen molar-refractivity contribution in [1.29, 1.82) is 0 Å². The second kappa shape index (κ2) is 4.89. The molecule has 3 N–H and O–H groups in total. The molecule has 0 amide bonds. The standard InChI is InChI=1S/C14H19NO5/c1-14(2)19-11-10(16)9(18-13(11)20-14)7-15-12(17)8-5-3-4-6-8/h3-6,9-11,13,15-17H,7H2,1-2H3/t9-,10+,11-,13-/m1/s1. The Morgan fingerprint density at radius 1 is 1.30 bits per heavy atom. The van der Waals surface area contributed by atoms with Crippen molar-refractivity contribution in [1.82, 2.24) is 5.32 Å². The largest absolute Gasteiger partial charge is 0.494 e. The van der Waals surface area contributed by atoms with Crippen molar-refractivity contribution in [3.8, 4) is 0 Å². The number of aliphatic hydroxyl groups excluding tert-OH is 2. The van der Waals surface area contributed by atoms with Crippen LogP contribution in [0.3, 0.4) is 0 Å². The van der Waals surface area contributed by atoms with Crippen LogP contribution < -0.4 is 5.32 Å². The molecule has 2 saturated heterocycles. The predicted molar refractivity (Wildman–Crippen MR) is 70.6 cm³/mol. The predicted octanol–water partition coefficient (Wildman–Crippen LogP) is 0.709. The second-order valence-electron chi connectivity index (χ2n) is 5.54. The number of nitrogens with one attached hydrogen (secondary N) is 1. The Labute approximate surface area is 117 Å². The molecule has 0 aromatic carbocycles. The van der Waals surface area contributed by atoms with Gasteiger partial charge in [-0.25, -0.2) is 0 Å². The van der Waals surface area contributed by atoms with Crippen LogP contribution in [0.15, 0.2) is 35.8 Å². The quantitative estimate of drug-likeness (QED) is 0.661. The fourth-order valence-electron chi connectivity index (χ4n) is 2.56. The minimum absolute atomic E-state index is 0.0602. The molecule has 0 unspecified atom stereocenters. The molecule has 4 atom stereocenters. The lowest BCUT2D eigenvalue weighted by atomic mass is 10.1. The van der Waals surface area contributed by atoms with E-state index in [-0.39, 0.29) is 12.4 Å². The molecule has 0 bridgehead atoms. The molecule has 2 aliphatic heterocycles. The zero-order valence-electron chi connectivity index (χ0n) is 11.4. The molecular formula is C14H19NO5. The third-order valence-electron chi connectivity index (χ3n) is 3.52. The molecule has 6 nitrogen and oxygen atoms in total. The van der Waals surface area contributed by atoms with Crippen LogP contribution in [0.5, 0.6) is 0 Å². The minimum Gasteiger partial charge on any atom is -0.494 e. The van der Waals surface area contributed by atoms with E-state index < -0.39 is 30.4 Å². The summed E-state index contributed by atoms with van der Waals surface area (Å²) < 4.78 is 16.8. The van der Waals surface area contributed by atoms with Gasteiger partial charge >= 0.3 is 0 Å². The Hall–Kier alpha value is -1.34. The van der Waals surface area contributed by atoms with Crippen molar-refractivity contribution in [2.75, 3.05) is 6.54 Å². The van der Waals surface area contributed by atoms with Crippen molar-refractivity contribution in [2.45, 2.75) is 44.2 Å². The molecule has 3 aliphatic rings. The molecule has 0 aromatic heterocycles. The topological polar surface area (TPSA) is 80.2 Å². The van der Waals surface area contributed by atoms with E-state index in [4.69, 9.17) is 14.2 Å². The number of hydrogen-bond acceptors (Lipinski definition) is 6. The van der Waals surface area contributed by atoms with E-state index in [2.05, 4.69) is 5.32 Å². The lowest BCUT2D eigenvalue weighted by molar-refractivity contribution is -0.214. The summed E-state index contributed by atoms with van der Waals surface area (Å²) in [6, 6.07) is 0. The highest BCUT2D eigenvalue weighted by atomic mass is 16.8. The number of aliphatic hydroxyl groups is 2. The first-order chi connectivity index (χ1) is 9.46. The summed E-state index contributed by atoms with van der Waals surface area (Å²) in [6.07, 6.45) is 4.92. The van der Waals surface area contributed by atoms with Gasteiger partial charge in [-0.15, -0.1) is 0 Å². The second-order valence-corrected chi connectivity index (χ2v) is 5.54. The highest BCUT2D eigenvalue weighted by Gasteiger charge is 2.54. The van der Waals surface area contributed by atoms with E-state index in [1.54, 1.807) is 26.0 Å². The Balaban J connectivity index is 1.57. The molecule has 0 saturated carbocycles. The Morgan fingerprint density at radius 3 is 2.65 bits per heavy atom. The van der Waals surface area contributed by atoms with Crippen molar-refractivity contribution < 1.29 is 24.4 Å². The SMILES string of the molecule is CC1(C)O[C@H]2O[C@H](CNC(O)=C3C=CC=C3)[C@H](O)[C@H]2O1. The smallest absolute Gasteiger partial charge is 0.191 e. The lowest BCUT2D eigenvalue weighted by Gasteiger charge is -2.23. The highest BCUT2D eigenvalue weighted by Crippen LogP contribution is 2.37. The van der Waals surface area contributed by atoms with Crippen molar-refractivity contribution in [2.24, 2.45) is 0 Å². The van der Waals surface area contributed by atoms with Crippen molar-refractivity contribution in [3.63, 3.8) is 0 Å². The Kier molecular flexibility index (Phi) is 3.33. The van der Waals surface area contributed by atoms with E-state index in [0.717, 1.165) is 0 Å². The van der Waals surface area contributed by atoms with Gasteiger partial charge in [0.05, 0.1) is 0 Å². The first-order valence-electron chi connectivity index (χ1n) is 6.67. The zero-order valence-corrected chi connectivity index (χ0v) is 11.4.